The molecule has 1 aromatic heterocycles. The fourth-order valence-corrected chi connectivity index (χ4v) is 4.46. The molecule has 6 nitrogen and oxygen atoms in total. The van der Waals surface area contributed by atoms with Crippen LogP contribution in [0.3, 0.4) is 0 Å². The zero-order chi connectivity index (χ0) is 22.8. The predicted octanol–water partition coefficient (Wildman–Crippen LogP) is 6.04. The summed E-state index contributed by atoms with van der Waals surface area (Å²) in [7, 11) is 0. The largest absolute Gasteiger partial charge is 0.455 e. The van der Waals surface area contributed by atoms with Crippen molar-refractivity contribution in [2.24, 2.45) is 5.10 Å². The molecule has 0 radical (unpaired) electrons. The molecule has 0 atom stereocenters. The van der Waals surface area contributed by atoms with Crippen LogP contribution in [0.5, 0.6) is 0 Å². The van der Waals surface area contributed by atoms with Crippen LogP contribution in [0.4, 0.5) is 5.69 Å². The van der Waals surface area contributed by atoms with Crippen LogP contribution < -0.4 is 10.7 Å². The van der Waals surface area contributed by atoms with Gasteiger partial charge >= 0.3 is 0 Å². The number of carbonyl (C=O) groups excluding carboxylic acids is 2. The molecule has 0 saturated carbocycles. The van der Waals surface area contributed by atoms with Gasteiger partial charge < -0.3 is 9.73 Å². The Labute approximate surface area is 199 Å². The van der Waals surface area contributed by atoms with Gasteiger partial charge in [0.25, 0.3) is 11.8 Å². The molecule has 2 aromatic carbocycles. The van der Waals surface area contributed by atoms with E-state index >= 15 is 0 Å². The minimum absolute atomic E-state index is 0.246. The normalized spacial score (nSPS) is 14.2. The second kappa shape index (κ2) is 9.30. The number of nitrogens with one attached hydrogen (secondary N) is 2. The van der Waals surface area contributed by atoms with Gasteiger partial charge in [0.05, 0.1) is 11.3 Å². The lowest BCUT2D eigenvalue weighted by molar-refractivity contribution is 0.0952. The van der Waals surface area contributed by atoms with Crippen LogP contribution in [0.25, 0.3) is 0 Å². The summed E-state index contributed by atoms with van der Waals surface area (Å²) in [5, 5.41) is 7.87. The van der Waals surface area contributed by atoms with Crippen LogP contribution in [0.15, 0.2) is 56.5 Å². The molecule has 32 heavy (non-hydrogen) atoms. The molecule has 0 bridgehead atoms. The molecule has 3 aromatic rings. The number of benzene rings is 2. The highest BCUT2D eigenvalue weighted by Crippen LogP contribution is 2.31. The number of fused-ring (bicyclic) bond motifs is 1. The standard InChI is InChI=1S/C24H21BrClN3O3/c1-13-12-15(26)10-11-18(13)27-24(31)22-14(2)21-19(8-5-9-20(21)32-22)28-29-23(30)16-6-3-4-7-17(16)25/h3-4,6-7,10-12H,5,8-9H2,1-2H3,(H,27,31)(H,29,30)/b28-19+. The Kier molecular flexibility index (Phi) is 6.48. The Morgan fingerprint density at radius 1 is 1.09 bits per heavy atom. The third-order valence-corrected chi connectivity index (χ3v) is 6.31. The van der Waals surface area contributed by atoms with Gasteiger partial charge in [-0.1, -0.05) is 23.7 Å². The summed E-state index contributed by atoms with van der Waals surface area (Å²) in [5.41, 5.74) is 6.86. The zero-order valence-corrected chi connectivity index (χ0v) is 19.9. The molecule has 1 aliphatic carbocycles. The number of rotatable bonds is 4. The number of hydrogen-bond acceptors (Lipinski definition) is 4. The molecule has 1 heterocycles. The number of carbonyl (C=O) groups is 2. The number of hydrazone groups is 1. The van der Waals surface area contributed by atoms with E-state index in [4.69, 9.17) is 16.0 Å². The first kappa shape index (κ1) is 22.3. The Morgan fingerprint density at radius 2 is 1.88 bits per heavy atom. The predicted molar refractivity (Wildman–Crippen MR) is 129 cm³/mol. The minimum atomic E-state index is -0.334. The molecule has 0 saturated heterocycles. The number of anilines is 1. The number of hydrogen-bond donors (Lipinski definition) is 2. The summed E-state index contributed by atoms with van der Waals surface area (Å²) in [4.78, 5) is 25.5. The molecule has 2 amide bonds. The Morgan fingerprint density at radius 3 is 2.62 bits per heavy atom. The fourth-order valence-electron chi connectivity index (χ4n) is 3.77. The summed E-state index contributed by atoms with van der Waals surface area (Å²) in [6.45, 7) is 3.71. The van der Waals surface area contributed by atoms with Gasteiger partial charge in [0.2, 0.25) is 0 Å². The lowest BCUT2D eigenvalue weighted by Crippen LogP contribution is -2.22. The molecule has 2 N–H and O–H groups in total. The first-order chi connectivity index (χ1) is 15.3. The summed E-state index contributed by atoms with van der Waals surface area (Å²) < 4.78 is 6.63. The maximum absolute atomic E-state index is 12.9. The van der Waals surface area contributed by atoms with E-state index in [2.05, 4.69) is 31.8 Å². The number of amides is 2. The van der Waals surface area contributed by atoms with Crippen LogP contribution in [0.2, 0.25) is 5.02 Å². The maximum Gasteiger partial charge on any atom is 0.291 e. The van der Waals surface area contributed by atoms with Gasteiger partial charge in [-0.3, -0.25) is 9.59 Å². The number of halogens is 2. The Hall–Kier alpha value is -2.90. The fraction of sp³-hybridized carbons (Fsp3) is 0.208. The smallest absolute Gasteiger partial charge is 0.291 e. The second-order valence-corrected chi connectivity index (χ2v) is 8.89. The highest BCUT2D eigenvalue weighted by atomic mass is 79.9. The van der Waals surface area contributed by atoms with Crippen molar-refractivity contribution in [2.75, 3.05) is 5.32 Å². The molecule has 1 aliphatic rings. The molecule has 0 fully saturated rings. The monoisotopic (exact) mass is 513 g/mol. The molecule has 8 heteroatoms. The van der Waals surface area contributed by atoms with E-state index in [0.717, 1.165) is 17.5 Å². The molecule has 4 rings (SSSR count). The third-order valence-electron chi connectivity index (χ3n) is 5.38. The van der Waals surface area contributed by atoms with E-state index in [1.165, 1.54) is 0 Å². The lowest BCUT2D eigenvalue weighted by Gasteiger charge is -2.13. The highest BCUT2D eigenvalue weighted by Gasteiger charge is 2.28. The van der Waals surface area contributed by atoms with Gasteiger partial charge in [-0.15, -0.1) is 0 Å². The quantitative estimate of drug-likeness (QED) is 0.417. The van der Waals surface area contributed by atoms with Crippen molar-refractivity contribution in [3.63, 3.8) is 0 Å². The third kappa shape index (κ3) is 4.49. The first-order valence-corrected chi connectivity index (χ1v) is 11.3. The minimum Gasteiger partial charge on any atom is -0.455 e. The average Bonchev–Trinajstić information content (AvgIpc) is 3.11. The summed E-state index contributed by atoms with van der Waals surface area (Å²) in [6, 6.07) is 12.4. The van der Waals surface area contributed by atoms with Crippen molar-refractivity contribution in [1.29, 1.82) is 0 Å². The Bertz CT molecular complexity index is 1250. The van der Waals surface area contributed by atoms with Gasteiger partial charge in [-0.2, -0.15) is 5.10 Å². The maximum atomic E-state index is 12.9. The van der Waals surface area contributed by atoms with E-state index in [0.29, 0.717) is 50.6 Å². The lowest BCUT2D eigenvalue weighted by atomic mass is 9.93. The van der Waals surface area contributed by atoms with E-state index < -0.39 is 0 Å². The molecule has 0 spiro atoms. The topological polar surface area (TPSA) is 83.7 Å². The van der Waals surface area contributed by atoms with Crippen LogP contribution in [0, 0.1) is 13.8 Å². The van der Waals surface area contributed by atoms with Crippen LogP contribution in [-0.4, -0.2) is 17.5 Å². The first-order valence-electron chi connectivity index (χ1n) is 10.2. The second-order valence-electron chi connectivity index (χ2n) is 7.60. The van der Waals surface area contributed by atoms with Crippen molar-refractivity contribution in [1.82, 2.24) is 5.43 Å². The van der Waals surface area contributed by atoms with Crippen LogP contribution >= 0.6 is 27.5 Å². The molecule has 0 unspecified atom stereocenters. The summed E-state index contributed by atoms with van der Waals surface area (Å²) in [6.07, 6.45) is 2.21. The summed E-state index contributed by atoms with van der Waals surface area (Å²) >= 11 is 9.38. The van der Waals surface area contributed by atoms with Crippen LogP contribution in [-0.2, 0) is 6.42 Å². The van der Waals surface area contributed by atoms with E-state index in [9.17, 15) is 9.59 Å². The number of furan rings is 1. The van der Waals surface area contributed by atoms with Crippen LogP contribution in [0.1, 0.15) is 56.2 Å². The molecular formula is C24H21BrClN3O3. The van der Waals surface area contributed by atoms with E-state index in [-0.39, 0.29) is 17.6 Å². The molecule has 164 valence electrons. The SMILES string of the molecule is Cc1cc(Cl)ccc1NC(=O)c1oc2c(c1C)/C(=N/NC(=O)c1ccccc1Br)CCC2. The van der Waals surface area contributed by atoms with Gasteiger partial charge in [0.1, 0.15) is 5.76 Å². The van der Waals surface area contributed by atoms with Gasteiger partial charge in [0.15, 0.2) is 5.76 Å². The Balaban J connectivity index is 1.58. The van der Waals surface area contributed by atoms with Crippen molar-refractivity contribution >= 4 is 50.7 Å². The van der Waals surface area contributed by atoms with Crippen molar-refractivity contribution in [3.8, 4) is 0 Å². The number of aryl methyl sites for hydroxylation is 2. The van der Waals surface area contributed by atoms with Crippen molar-refractivity contribution in [3.05, 3.63) is 85.7 Å². The molecular weight excluding hydrogens is 494 g/mol. The van der Waals surface area contributed by atoms with Gasteiger partial charge in [0, 0.05) is 32.7 Å². The zero-order valence-electron chi connectivity index (χ0n) is 17.6. The molecule has 0 aliphatic heterocycles. The highest BCUT2D eigenvalue weighted by molar-refractivity contribution is 9.10. The number of nitrogens with zero attached hydrogens (tertiary/aromatic N) is 1. The van der Waals surface area contributed by atoms with Crippen molar-refractivity contribution in [2.45, 2.75) is 33.1 Å². The van der Waals surface area contributed by atoms with E-state index in [1.807, 2.05) is 19.9 Å². The van der Waals surface area contributed by atoms with Crippen molar-refractivity contribution < 1.29 is 14.0 Å². The summed E-state index contributed by atoms with van der Waals surface area (Å²) in [5.74, 6) is 0.310. The average molecular weight is 515 g/mol. The van der Waals surface area contributed by atoms with Gasteiger partial charge in [-0.05, 0) is 78.5 Å². The van der Waals surface area contributed by atoms with Gasteiger partial charge in [-0.25, -0.2) is 5.43 Å². The van der Waals surface area contributed by atoms with E-state index in [1.54, 1.807) is 36.4 Å².